The summed E-state index contributed by atoms with van der Waals surface area (Å²) in [5.41, 5.74) is 0.166. The average Bonchev–Trinajstić information content (AvgIpc) is 2.51. The van der Waals surface area contributed by atoms with E-state index < -0.39 is 5.60 Å². The van der Waals surface area contributed by atoms with Gasteiger partial charge in [0.05, 0.1) is 24.9 Å². The van der Waals surface area contributed by atoms with Crippen molar-refractivity contribution in [2.24, 2.45) is 0 Å². The summed E-state index contributed by atoms with van der Waals surface area (Å²) >= 11 is 11.3. The normalized spacial score (nSPS) is 10.8. The standard InChI is InChI=1S/C17H25ClN2O4S/c1-17(2,3)24-15(21)7-6-8-19-16(25)20-12-10-13(22-4)11(18)9-14(12)23-5/h9-10H,6-8H2,1-5H3,(H2,19,20,25). The van der Waals surface area contributed by atoms with Gasteiger partial charge >= 0.3 is 5.97 Å². The molecular weight excluding hydrogens is 364 g/mol. The Kier molecular flexibility index (Phi) is 8.25. The lowest BCUT2D eigenvalue weighted by molar-refractivity contribution is -0.154. The molecule has 0 aliphatic rings. The van der Waals surface area contributed by atoms with E-state index in [0.717, 1.165) is 0 Å². The predicted octanol–water partition coefficient (Wildman–Crippen LogP) is 3.77. The second-order valence-corrected chi connectivity index (χ2v) is 7.07. The second kappa shape index (κ2) is 9.68. The maximum atomic E-state index is 11.6. The van der Waals surface area contributed by atoms with Crippen molar-refractivity contribution in [2.45, 2.75) is 39.2 Å². The summed E-state index contributed by atoms with van der Waals surface area (Å²) in [7, 11) is 3.07. The first-order valence-corrected chi connectivity index (χ1v) is 8.63. The minimum absolute atomic E-state index is 0.225. The van der Waals surface area contributed by atoms with E-state index in [9.17, 15) is 4.79 Å². The molecule has 6 nitrogen and oxygen atoms in total. The molecule has 0 spiro atoms. The Morgan fingerprint density at radius 1 is 1.20 bits per heavy atom. The molecule has 0 heterocycles. The number of hydrogen-bond acceptors (Lipinski definition) is 5. The van der Waals surface area contributed by atoms with Gasteiger partial charge in [0.25, 0.3) is 0 Å². The lowest BCUT2D eigenvalue weighted by Crippen LogP contribution is -2.30. The van der Waals surface area contributed by atoms with Crippen LogP contribution in [0.1, 0.15) is 33.6 Å². The van der Waals surface area contributed by atoms with Gasteiger partial charge in [-0.1, -0.05) is 11.6 Å². The van der Waals surface area contributed by atoms with Crippen LogP contribution in [0.4, 0.5) is 5.69 Å². The van der Waals surface area contributed by atoms with Crippen LogP contribution in [-0.2, 0) is 9.53 Å². The van der Waals surface area contributed by atoms with Crippen LogP contribution in [0.15, 0.2) is 12.1 Å². The van der Waals surface area contributed by atoms with Crippen molar-refractivity contribution >= 4 is 40.6 Å². The molecule has 140 valence electrons. The average molecular weight is 389 g/mol. The molecule has 0 saturated carbocycles. The van der Waals surface area contributed by atoms with Gasteiger partial charge in [0.1, 0.15) is 17.1 Å². The molecule has 1 aromatic carbocycles. The molecule has 0 fully saturated rings. The number of thiocarbonyl (C=S) groups is 1. The molecule has 0 atom stereocenters. The molecule has 0 saturated heterocycles. The zero-order valence-corrected chi connectivity index (χ0v) is 16.8. The highest BCUT2D eigenvalue weighted by Crippen LogP contribution is 2.35. The Bertz CT molecular complexity index is 617. The van der Waals surface area contributed by atoms with E-state index >= 15 is 0 Å². The molecular formula is C17H25ClN2O4S. The van der Waals surface area contributed by atoms with Crippen LogP contribution in [0, 0.1) is 0 Å². The first-order chi connectivity index (χ1) is 11.7. The molecule has 0 radical (unpaired) electrons. The lowest BCUT2D eigenvalue weighted by Gasteiger charge is -2.19. The number of benzene rings is 1. The van der Waals surface area contributed by atoms with Crippen molar-refractivity contribution in [3.8, 4) is 11.5 Å². The number of esters is 1. The third-order valence-corrected chi connectivity index (χ3v) is 3.53. The molecule has 0 aliphatic heterocycles. The topological polar surface area (TPSA) is 68.8 Å². The first-order valence-electron chi connectivity index (χ1n) is 7.84. The van der Waals surface area contributed by atoms with Crippen LogP contribution < -0.4 is 20.1 Å². The minimum atomic E-state index is -0.467. The number of hydrogen-bond donors (Lipinski definition) is 2. The number of methoxy groups -OCH3 is 2. The summed E-state index contributed by atoms with van der Waals surface area (Å²) < 4.78 is 15.7. The molecule has 0 aromatic heterocycles. The monoisotopic (exact) mass is 388 g/mol. The summed E-state index contributed by atoms with van der Waals surface area (Å²) in [6.07, 6.45) is 0.933. The van der Waals surface area contributed by atoms with Crippen LogP contribution in [0.5, 0.6) is 11.5 Å². The van der Waals surface area contributed by atoms with Gasteiger partial charge in [0.15, 0.2) is 5.11 Å². The fourth-order valence-corrected chi connectivity index (χ4v) is 2.39. The summed E-state index contributed by atoms with van der Waals surface area (Å²) in [6.45, 7) is 6.07. The van der Waals surface area contributed by atoms with E-state index in [-0.39, 0.29) is 5.97 Å². The Morgan fingerprint density at radius 2 is 1.84 bits per heavy atom. The fourth-order valence-electron chi connectivity index (χ4n) is 1.95. The van der Waals surface area contributed by atoms with E-state index in [1.807, 2.05) is 20.8 Å². The molecule has 8 heteroatoms. The molecule has 1 rings (SSSR count). The van der Waals surface area contributed by atoms with Crippen molar-refractivity contribution in [2.75, 3.05) is 26.1 Å². The van der Waals surface area contributed by atoms with Gasteiger partial charge in [-0.2, -0.15) is 0 Å². The number of rotatable bonds is 7. The van der Waals surface area contributed by atoms with Crippen molar-refractivity contribution in [1.82, 2.24) is 5.32 Å². The number of ether oxygens (including phenoxy) is 3. The maximum absolute atomic E-state index is 11.6. The van der Waals surface area contributed by atoms with Gasteiger partial charge in [-0.3, -0.25) is 4.79 Å². The summed E-state index contributed by atoms with van der Waals surface area (Å²) in [4.78, 5) is 11.6. The van der Waals surface area contributed by atoms with Crippen molar-refractivity contribution in [1.29, 1.82) is 0 Å². The van der Waals surface area contributed by atoms with E-state index in [1.54, 1.807) is 19.2 Å². The van der Waals surface area contributed by atoms with Crippen LogP contribution >= 0.6 is 23.8 Å². The van der Waals surface area contributed by atoms with Crippen molar-refractivity contribution < 1.29 is 19.0 Å². The molecule has 1 aromatic rings. The third kappa shape index (κ3) is 7.79. The Balaban J connectivity index is 2.48. The Labute approximate surface area is 159 Å². The van der Waals surface area contributed by atoms with Gasteiger partial charge in [-0.05, 0) is 39.4 Å². The zero-order valence-electron chi connectivity index (χ0n) is 15.2. The molecule has 0 amide bonds. The maximum Gasteiger partial charge on any atom is 0.306 e. The molecule has 0 aliphatic carbocycles. The molecule has 2 N–H and O–H groups in total. The zero-order chi connectivity index (χ0) is 19.0. The van der Waals surface area contributed by atoms with E-state index in [4.69, 9.17) is 38.0 Å². The quantitative estimate of drug-likeness (QED) is 0.418. The summed E-state index contributed by atoms with van der Waals surface area (Å²) in [5, 5.41) is 6.92. The number of halogens is 1. The van der Waals surface area contributed by atoms with Gasteiger partial charge in [-0.15, -0.1) is 0 Å². The van der Waals surface area contributed by atoms with Crippen LogP contribution in [0.3, 0.4) is 0 Å². The largest absolute Gasteiger partial charge is 0.495 e. The highest BCUT2D eigenvalue weighted by atomic mass is 35.5. The summed E-state index contributed by atoms with van der Waals surface area (Å²) in [6, 6.07) is 3.35. The van der Waals surface area contributed by atoms with Crippen LogP contribution in [-0.4, -0.2) is 37.4 Å². The minimum Gasteiger partial charge on any atom is -0.495 e. The van der Waals surface area contributed by atoms with Crippen molar-refractivity contribution in [3.63, 3.8) is 0 Å². The molecule has 0 unspecified atom stereocenters. The van der Waals surface area contributed by atoms with Crippen LogP contribution in [0.25, 0.3) is 0 Å². The third-order valence-electron chi connectivity index (χ3n) is 2.99. The highest BCUT2D eigenvalue weighted by Gasteiger charge is 2.15. The van der Waals surface area contributed by atoms with Crippen molar-refractivity contribution in [3.05, 3.63) is 17.2 Å². The van der Waals surface area contributed by atoms with Gasteiger partial charge in [0.2, 0.25) is 0 Å². The number of carbonyl (C=O) groups excluding carboxylic acids is 1. The van der Waals surface area contributed by atoms with Gasteiger partial charge in [-0.25, -0.2) is 0 Å². The number of nitrogens with one attached hydrogen (secondary N) is 2. The Hall–Kier alpha value is -1.73. The second-order valence-electron chi connectivity index (χ2n) is 6.26. The number of carbonyl (C=O) groups is 1. The first kappa shape index (κ1) is 21.3. The smallest absolute Gasteiger partial charge is 0.306 e. The molecule has 25 heavy (non-hydrogen) atoms. The molecule has 0 bridgehead atoms. The van der Waals surface area contributed by atoms with Gasteiger partial charge < -0.3 is 24.8 Å². The predicted molar refractivity (Wildman–Crippen MR) is 104 cm³/mol. The fraction of sp³-hybridized carbons (Fsp3) is 0.529. The number of anilines is 1. The SMILES string of the molecule is COc1cc(NC(=S)NCCCC(=O)OC(C)(C)C)c(OC)cc1Cl. The van der Waals surface area contributed by atoms with Gasteiger partial charge in [0, 0.05) is 25.1 Å². The van der Waals surface area contributed by atoms with Crippen LogP contribution in [0.2, 0.25) is 5.02 Å². The Morgan fingerprint density at radius 3 is 2.40 bits per heavy atom. The van der Waals surface area contributed by atoms with E-state index in [0.29, 0.717) is 46.7 Å². The summed E-state index contributed by atoms with van der Waals surface area (Å²) in [5.74, 6) is 0.832. The highest BCUT2D eigenvalue weighted by molar-refractivity contribution is 7.80. The van der Waals surface area contributed by atoms with E-state index in [2.05, 4.69) is 10.6 Å². The lowest BCUT2D eigenvalue weighted by atomic mass is 10.2. The van der Waals surface area contributed by atoms with E-state index in [1.165, 1.54) is 7.11 Å².